The minimum Gasteiger partial charge on any atom is -0.491 e. The van der Waals surface area contributed by atoms with Crippen LogP contribution in [0.4, 0.5) is 5.69 Å². The summed E-state index contributed by atoms with van der Waals surface area (Å²) < 4.78 is 5.76. The Morgan fingerprint density at radius 1 is 1.39 bits per heavy atom. The maximum absolute atomic E-state index is 5.76. The Bertz CT molecular complexity index is 483. The highest BCUT2D eigenvalue weighted by Gasteiger charge is 2.04. The second-order valence-corrected chi connectivity index (χ2v) is 5.11. The number of thiazole rings is 1. The Hall–Kier alpha value is -1.55. The van der Waals surface area contributed by atoms with E-state index in [0.29, 0.717) is 0 Å². The summed E-state index contributed by atoms with van der Waals surface area (Å²) in [5.41, 5.74) is 2.24. The molecule has 0 radical (unpaired) electrons. The molecule has 0 atom stereocenters. The number of nitrogens with one attached hydrogen (secondary N) is 1. The molecule has 18 heavy (non-hydrogen) atoms. The number of anilines is 1. The van der Waals surface area contributed by atoms with Gasteiger partial charge in [0.05, 0.1) is 18.8 Å². The number of aromatic nitrogens is 1. The summed E-state index contributed by atoms with van der Waals surface area (Å²) in [6.07, 6.45) is 2.84. The molecule has 4 heteroatoms. The minimum absolute atomic E-state index is 0.739. The molecule has 1 aromatic carbocycles. The smallest absolute Gasteiger partial charge is 0.142 e. The third kappa shape index (κ3) is 3.47. The average Bonchev–Trinajstić information content (AvgIpc) is 2.88. The van der Waals surface area contributed by atoms with Crippen LogP contribution in [-0.2, 0) is 6.54 Å². The van der Waals surface area contributed by atoms with E-state index in [0.717, 1.165) is 36.0 Å². The predicted octanol–water partition coefficient (Wildman–Crippen LogP) is 3.85. The van der Waals surface area contributed by atoms with Crippen LogP contribution in [0.15, 0.2) is 29.8 Å². The van der Waals surface area contributed by atoms with Crippen molar-refractivity contribution >= 4 is 17.0 Å². The van der Waals surface area contributed by atoms with Gasteiger partial charge in [-0.3, -0.25) is 0 Å². The van der Waals surface area contributed by atoms with E-state index in [-0.39, 0.29) is 0 Å². The molecule has 2 rings (SSSR count). The van der Waals surface area contributed by atoms with Crippen LogP contribution >= 0.6 is 11.3 Å². The van der Waals surface area contributed by atoms with Crippen LogP contribution < -0.4 is 10.1 Å². The second-order valence-electron chi connectivity index (χ2n) is 4.13. The molecule has 1 N–H and O–H groups in total. The zero-order chi connectivity index (χ0) is 12.8. The quantitative estimate of drug-likeness (QED) is 0.858. The number of benzene rings is 1. The van der Waals surface area contributed by atoms with Gasteiger partial charge in [0.2, 0.25) is 0 Å². The van der Waals surface area contributed by atoms with Gasteiger partial charge in [-0.2, -0.15) is 0 Å². The largest absolute Gasteiger partial charge is 0.491 e. The lowest BCUT2D eigenvalue weighted by atomic mass is 10.2. The number of rotatable bonds is 6. The van der Waals surface area contributed by atoms with Crippen molar-refractivity contribution in [2.45, 2.75) is 26.8 Å². The lowest BCUT2D eigenvalue weighted by Crippen LogP contribution is -2.03. The monoisotopic (exact) mass is 262 g/mol. The van der Waals surface area contributed by atoms with E-state index >= 15 is 0 Å². The van der Waals surface area contributed by atoms with Crippen LogP contribution in [-0.4, -0.2) is 11.6 Å². The van der Waals surface area contributed by atoms with Crippen LogP contribution in [0.25, 0.3) is 0 Å². The molecule has 0 saturated heterocycles. The fourth-order valence-corrected chi connectivity index (χ4v) is 2.17. The Labute approximate surface area is 112 Å². The highest BCUT2D eigenvalue weighted by Crippen LogP contribution is 2.26. The SMILES string of the molecule is CCCOc1cc(C)ccc1NCc1nccs1. The molecule has 2 aromatic rings. The molecule has 0 aliphatic rings. The van der Waals surface area contributed by atoms with Gasteiger partial charge >= 0.3 is 0 Å². The first kappa shape index (κ1) is 12.9. The standard InChI is InChI=1S/C14H18N2OS/c1-3-7-17-13-9-11(2)4-5-12(13)16-10-14-15-6-8-18-14/h4-6,8-9,16H,3,7,10H2,1-2H3. The van der Waals surface area contributed by atoms with Gasteiger partial charge in [0.1, 0.15) is 10.8 Å². The Morgan fingerprint density at radius 2 is 2.28 bits per heavy atom. The van der Waals surface area contributed by atoms with Gasteiger partial charge in [0.15, 0.2) is 0 Å². The van der Waals surface area contributed by atoms with E-state index in [2.05, 4.69) is 42.3 Å². The molecule has 0 spiro atoms. The molecule has 0 aliphatic heterocycles. The first-order chi connectivity index (χ1) is 8.79. The molecule has 0 fully saturated rings. The lowest BCUT2D eigenvalue weighted by Gasteiger charge is -2.13. The molecule has 0 amide bonds. The van der Waals surface area contributed by atoms with E-state index < -0.39 is 0 Å². The fourth-order valence-electron chi connectivity index (χ4n) is 1.62. The zero-order valence-corrected chi connectivity index (χ0v) is 11.6. The molecule has 0 unspecified atom stereocenters. The summed E-state index contributed by atoms with van der Waals surface area (Å²) in [5.74, 6) is 0.924. The van der Waals surface area contributed by atoms with E-state index in [1.807, 2.05) is 11.6 Å². The van der Waals surface area contributed by atoms with Gasteiger partial charge in [0.25, 0.3) is 0 Å². The van der Waals surface area contributed by atoms with Gasteiger partial charge in [-0.05, 0) is 31.0 Å². The van der Waals surface area contributed by atoms with Crippen molar-refractivity contribution in [2.75, 3.05) is 11.9 Å². The Morgan fingerprint density at radius 3 is 3.00 bits per heavy atom. The highest BCUT2D eigenvalue weighted by molar-refractivity contribution is 7.09. The van der Waals surface area contributed by atoms with Crippen LogP contribution in [0.5, 0.6) is 5.75 Å². The van der Waals surface area contributed by atoms with E-state index in [4.69, 9.17) is 4.74 Å². The van der Waals surface area contributed by atoms with Crippen molar-refractivity contribution in [3.63, 3.8) is 0 Å². The summed E-state index contributed by atoms with van der Waals surface area (Å²) in [6, 6.07) is 6.22. The third-order valence-corrected chi connectivity index (χ3v) is 3.29. The van der Waals surface area contributed by atoms with E-state index in [1.54, 1.807) is 11.3 Å². The van der Waals surface area contributed by atoms with Gasteiger partial charge in [-0.25, -0.2) is 4.98 Å². The molecule has 0 aliphatic carbocycles. The minimum atomic E-state index is 0.739. The fraction of sp³-hybridized carbons (Fsp3) is 0.357. The zero-order valence-electron chi connectivity index (χ0n) is 10.8. The van der Waals surface area contributed by atoms with Gasteiger partial charge < -0.3 is 10.1 Å². The number of aryl methyl sites for hydroxylation is 1. The van der Waals surface area contributed by atoms with Crippen LogP contribution in [0, 0.1) is 6.92 Å². The van der Waals surface area contributed by atoms with Gasteiger partial charge in [-0.1, -0.05) is 13.0 Å². The molecule has 0 bridgehead atoms. The first-order valence-corrected chi connectivity index (χ1v) is 7.03. The maximum Gasteiger partial charge on any atom is 0.142 e. The number of hydrogen-bond acceptors (Lipinski definition) is 4. The number of nitrogens with zero attached hydrogens (tertiary/aromatic N) is 1. The summed E-state index contributed by atoms with van der Waals surface area (Å²) in [5, 5.41) is 6.44. The van der Waals surface area contributed by atoms with Gasteiger partial charge in [-0.15, -0.1) is 11.3 Å². The van der Waals surface area contributed by atoms with Crippen LogP contribution in [0.2, 0.25) is 0 Å². The molecular formula is C14H18N2OS. The van der Waals surface area contributed by atoms with Crippen molar-refractivity contribution in [1.29, 1.82) is 0 Å². The molecule has 0 saturated carbocycles. The molecule has 1 heterocycles. The normalized spacial score (nSPS) is 10.3. The lowest BCUT2D eigenvalue weighted by molar-refractivity contribution is 0.318. The third-order valence-electron chi connectivity index (χ3n) is 2.51. The first-order valence-electron chi connectivity index (χ1n) is 6.15. The van der Waals surface area contributed by atoms with E-state index in [9.17, 15) is 0 Å². The summed E-state index contributed by atoms with van der Waals surface area (Å²) in [4.78, 5) is 4.26. The van der Waals surface area contributed by atoms with Crippen molar-refractivity contribution in [3.05, 3.63) is 40.3 Å². The number of ether oxygens (including phenoxy) is 1. The van der Waals surface area contributed by atoms with E-state index in [1.165, 1.54) is 5.56 Å². The predicted molar refractivity (Wildman–Crippen MR) is 76.4 cm³/mol. The molecule has 96 valence electrons. The molecular weight excluding hydrogens is 244 g/mol. The van der Waals surface area contributed by atoms with Crippen molar-refractivity contribution in [2.24, 2.45) is 0 Å². The molecule has 1 aromatic heterocycles. The van der Waals surface area contributed by atoms with Crippen LogP contribution in [0.1, 0.15) is 23.9 Å². The topological polar surface area (TPSA) is 34.1 Å². The Kier molecular flexibility index (Phi) is 4.59. The summed E-state index contributed by atoms with van der Waals surface area (Å²) in [7, 11) is 0. The van der Waals surface area contributed by atoms with Crippen molar-refractivity contribution in [3.8, 4) is 5.75 Å². The van der Waals surface area contributed by atoms with Crippen LogP contribution in [0.3, 0.4) is 0 Å². The second kappa shape index (κ2) is 6.40. The van der Waals surface area contributed by atoms with Crippen molar-refractivity contribution < 1.29 is 4.74 Å². The number of hydrogen-bond donors (Lipinski definition) is 1. The maximum atomic E-state index is 5.76. The highest BCUT2D eigenvalue weighted by atomic mass is 32.1. The van der Waals surface area contributed by atoms with Crippen molar-refractivity contribution in [1.82, 2.24) is 4.98 Å². The Balaban J connectivity index is 2.05. The van der Waals surface area contributed by atoms with Gasteiger partial charge in [0, 0.05) is 11.6 Å². The average molecular weight is 262 g/mol. The summed E-state index contributed by atoms with van der Waals surface area (Å²) >= 11 is 1.65. The molecule has 3 nitrogen and oxygen atoms in total. The summed E-state index contributed by atoms with van der Waals surface area (Å²) in [6.45, 7) is 5.67.